The molecule has 0 aliphatic heterocycles. The van der Waals surface area contributed by atoms with Crippen molar-refractivity contribution in [1.29, 1.82) is 0 Å². The highest BCUT2D eigenvalue weighted by atomic mass is 31.0. The summed E-state index contributed by atoms with van der Waals surface area (Å²) in [5, 5.41) is 0.000671. The SMILES string of the molecule is CCC1CC(C)[C@@](N)(P)[C@@H]1C. The molecule has 1 saturated carbocycles. The molecule has 0 aromatic rings. The van der Waals surface area contributed by atoms with Crippen LogP contribution in [0.15, 0.2) is 0 Å². The molecule has 0 heterocycles. The average Bonchev–Trinajstić information content (AvgIpc) is 2.14. The smallest absolute Gasteiger partial charge is 0.0352 e. The van der Waals surface area contributed by atoms with E-state index >= 15 is 0 Å². The van der Waals surface area contributed by atoms with Gasteiger partial charge in [0.1, 0.15) is 0 Å². The van der Waals surface area contributed by atoms with E-state index < -0.39 is 0 Å². The van der Waals surface area contributed by atoms with Crippen LogP contribution in [0.5, 0.6) is 0 Å². The lowest BCUT2D eigenvalue weighted by molar-refractivity contribution is 0.354. The molecule has 2 N–H and O–H groups in total. The molecule has 0 saturated heterocycles. The minimum absolute atomic E-state index is 0.000671. The molecule has 1 aliphatic rings. The Morgan fingerprint density at radius 2 is 2.09 bits per heavy atom. The molecule has 1 nitrogen and oxygen atoms in total. The molecular weight excluding hydrogens is 153 g/mol. The van der Waals surface area contributed by atoms with Gasteiger partial charge in [-0.3, -0.25) is 0 Å². The Balaban J connectivity index is 2.71. The molecule has 3 unspecified atom stereocenters. The van der Waals surface area contributed by atoms with Gasteiger partial charge in [-0.05, 0) is 24.2 Å². The highest BCUT2D eigenvalue weighted by Crippen LogP contribution is 2.47. The maximum absolute atomic E-state index is 6.19. The monoisotopic (exact) mass is 173 g/mol. The van der Waals surface area contributed by atoms with Crippen molar-refractivity contribution < 1.29 is 0 Å². The molecule has 11 heavy (non-hydrogen) atoms. The van der Waals surface area contributed by atoms with Crippen LogP contribution < -0.4 is 5.73 Å². The summed E-state index contributed by atoms with van der Waals surface area (Å²) in [4.78, 5) is 0. The van der Waals surface area contributed by atoms with Gasteiger partial charge in [-0.25, -0.2) is 0 Å². The zero-order chi connectivity index (χ0) is 8.65. The Morgan fingerprint density at radius 3 is 2.27 bits per heavy atom. The van der Waals surface area contributed by atoms with Crippen molar-refractivity contribution in [1.82, 2.24) is 0 Å². The van der Waals surface area contributed by atoms with E-state index in [-0.39, 0.29) is 5.28 Å². The van der Waals surface area contributed by atoms with Crippen LogP contribution in [0.3, 0.4) is 0 Å². The van der Waals surface area contributed by atoms with Crippen molar-refractivity contribution in [2.75, 3.05) is 0 Å². The van der Waals surface area contributed by atoms with E-state index in [1.54, 1.807) is 0 Å². The second-order valence-electron chi connectivity index (χ2n) is 4.09. The third-order valence-corrected chi connectivity index (χ3v) is 4.62. The van der Waals surface area contributed by atoms with Crippen molar-refractivity contribution >= 4 is 9.24 Å². The van der Waals surface area contributed by atoms with Crippen LogP contribution in [-0.4, -0.2) is 5.28 Å². The van der Waals surface area contributed by atoms with Crippen LogP contribution in [0, 0.1) is 17.8 Å². The molecule has 5 atom stereocenters. The highest BCUT2D eigenvalue weighted by molar-refractivity contribution is 7.19. The molecule has 1 aliphatic carbocycles. The zero-order valence-corrected chi connectivity index (χ0v) is 8.96. The Bertz CT molecular complexity index is 144. The van der Waals surface area contributed by atoms with Gasteiger partial charge in [0.15, 0.2) is 0 Å². The maximum Gasteiger partial charge on any atom is 0.0352 e. The van der Waals surface area contributed by atoms with Gasteiger partial charge in [0.25, 0.3) is 0 Å². The topological polar surface area (TPSA) is 26.0 Å². The van der Waals surface area contributed by atoms with E-state index in [4.69, 9.17) is 5.73 Å². The van der Waals surface area contributed by atoms with E-state index in [0.717, 1.165) is 5.92 Å². The summed E-state index contributed by atoms with van der Waals surface area (Å²) in [5.74, 6) is 2.16. The molecule has 0 aromatic heterocycles. The molecule has 0 bridgehead atoms. The Kier molecular flexibility index (Phi) is 2.61. The zero-order valence-electron chi connectivity index (χ0n) is 7.80. The molecule has 0 spiro atoms. The van der Waals surface area contributed by atoms with Gasteiger partial charge < -0.3 is 5.73 Å². The normalized spacial score (nSPS) is 51.5. The standard InChI is InChI=1S/C9H20NP/c1-4-8-5-6(2)9(10,11)7(8)3/h6-8H,4-5,10-11H2,1-3H3/t6?,7-,8?,9-/m1/s1. The van der Waals surface area contributed by atoms with Gasteiger partial charge in [-0.15, -0.1) is 9.24 Å². The van der Waals surface area contributed by atoms with Crippen molar-refractivity contribution in [2.24, 2.45) is 23.5 Å². The van der Waals surface area contributed by atoms with Crippen LogP contribution in [0.1, 0.15) is 33.6 Å². The summed E-state index contributed by atoms with van der Waals surface area (Å²) in [7, 11) is 2.84. The number of hydrogen-bond acceptors (Lipinski definition) is 1. The van der Waals surface area contributed by atoms with Gasteiger partial charge in [-0.1, -0.05) is 27.2 Å². The fourth-order valence-corrected chi connectivity index (χ4v) is 2.65. The highest BCUT2D eigenvalue weighted by Gasteiger charge is 2.43. The van der Waals surface area contributed by atoms with Crippen molar-refractivity contribution in [3.05, 3.63) is 0 Å². The summed E-state index contributed by atoms with van der Waals surface area (Å²) in [6.07, 6.45) is 2.58. The summed E-state index contributed by atoms with van der Waals surface area (Å²) in [6.45, 7) is 6.81. The van der Waals surface area contributed by atoms with Crippen molar-refractivity contribution in [3.63, 3.8) is 0 Å². The summed E-state index contributed by atoms with van der Waals surface area (Å²) in [6, 6.07) is 0. The second-order valence-corrected chi connectivity index (χ2v) is 5.09. The van der Waals surface area contributed by atoms with Crippen LogP contribution in [0.4, 0.5) is 0 Å². The summed E-state index contributed by atoms with van der Waals surface area (Å²) < 4.78 is 0. The predicted octanol–water partition coefficient (Wildman–Crippen LogP) is 2.22. The molecule has 66 valence electrons. The van der Waals surface area contributed by atoms with Crippen LogP contribution in [-0.2, 0) is 0 Å². The lowest BCUT2D eigenvalue weighted by Crippen LogP contribution is -2.41. The number of nitrogens with two attached hydrogens (primary N) is 1. The first-order valence-corrected chi connectivity index (χ1v) is 5.15. The predicted molar refractivity (Wildman–Crippen MR) is 53.4 cm³/mol. The third-order valence-electron chi connectivity index (χ3n) is 3.53. The van der Waals surface area contributed by atoms with E-state index in [1.807, 2.05) is 0 Å². The first-order valence-electron chi connectivity index (χ1n) is 4.57. The van der Waals surface area contributed by atoms with Crippen LogP contribution >= 0.6 is 9.24 Å². The van der Waals surface area contributed by atoms with Gasteiger partial charge >= 0.3 is 0 Å². The molecule has 1 fully saturated rings. The lowest BCUT2D eigenvalue weighted by Gasteiger charge is -2.29. The van der Waals surface area contributed by atoms with Crippen molar-refractivity contribution in [2.45, 2.75) is 38.9 Å². The molecule has 0 radical (unpaired) electrons. The molecular formula is C9H20NP. The van der Waals surface area contributed by atoms with Gasteiger partial charge in [0.05, 0.1) is 0 Å². The van der Waals surface area contributed by atoms with E-state index in [9.17, 15) is 0 Å². The fourth-order valence-electron chi connectivity index (χ4n) is 2.24. The van der Waals surface area contributed by atoms with Gasteiger partial charge in [-0.2, -0.15) is 0 Å². The summed E-state index contributed by atoms with van der Waals surface area (Å²) >= 11 is 0. The first-order chi connectivity index (χ1) is 5.00. The Morgan fingerprint density at radius 1 is 1.55 bits per heavy atom. The van der Waals surface area contributed by atoms with Crippen LogP contribution in [0.2, 0.25) is 0 Å². The molecule has 0 amide bonds. The molecule has 0 aromatic carbocycles. The van der Waals surface area contributed by atoms with Gasteiger partial charge in [0, 0.05) is 5.28 Å². The fraction of sp³-hybridized carbons (Fsp3) is 1.00. The van der Waals surface area contributed by atoms with Crippen molar-refractivity contribution in [3.8, 4) is 0 Å². The first kappa shape index (κ1) is 9.48. The summed E-state index contributed by atoms with van der Waals surface area (Å²) in [5.41, 5.74) is 6.19. The maximum atomic E-state index is 6.19. The average molecular weight is 173 g/mol. The quantitative estimate of drug-likeness (QED) is 0.604. The van der Waals surface area contributed by atoms with Crippen LogP contribution in [0.25, 0.3) is 0 Å². The third kappa shape index (κ3) is 1.46. The van der Waals surface area contributed by atoms with E-state index in [2.05, 4.69) is 30.0 Å². The Hall–Kier alpha value is 0.390. The largest absolute Gasteiger partial charge is 0.322 e. The lowest BCUT2D eigenvalue weighted by atomic mass is 9.93. The number of hydrogen-bond donors (Lipinski definition) is 1. The molecule has 1 rings (SSSR count). The minimum atomic E-state index is 0.000671. The minimum Gasteiger partial charge on any atom is -0.322 e. The van der Waals surface area contributed by atoms with E-state index in [0.29, 0.717) is 11.8 Å². The molecule has 2 heteroatoms. The number of rotatable bonds is 1. The Labute approximate surface area is 72.3 Å². The van der Waals surface area contributed by atoms with Gasteiger partial charge in [0.2, 0.25) is 0 Å². The van der Waals surface area contributed by atoms with E-state index in [1.165, 1.54) is 12.8 Å². The second kappa shape index (κ2) is 3.03.